The molecule has 0 bridgehead atoms. The molecule has 0 aliphatic rings. The van der Waals surface area contributed by atoms with E-state index in [2.05, 4.69) is 15.5 Å². The van der Waals surface area contributed by atoms with Gasteiger partial charge in [0, 0.05) is 5.56 Å². The molecule has 1 heterocycles. The minimum Gasteiger partial charge on any atom is -0.411 e. The fourth-order valence-corrected chi connectivity index (χ4v) is 3.17. The van der Waals surface area contributed by atoms with Gasteiger partial charge in [0.25, 0.3) is 5.22 Å². The van der Waals surface area contributed by atoms with E-state index in [0.29, 0.717) is 31.9 Å². The van der Waals surface area contributed by atoms with E-state index < -0.39 is 0 Å². The van der Waals surface area contributed by atoms with E-state index in [0.717, 1.165) is 22.9 Å². The van der Waals surface area contributed by atoms with E-state index in [1.807, 2.05) is 31.2 Å². The Kier molecular flexibility index (Phi) is 6.09. The van der Waals surface area contributed by atoms with Crippen molar-refractivity contribution in [2.24, 2.45) is 0 Å². The minimum absolute atomic E-state index is 0.0755. The molecular weight excluding hydrogens is 417 g/mol. The van der Waals surface area contributed by atoms with Gasteiger partial charge < -0.3 is 9.73 Å². The number of carbonyl (C=O) groups is 1. The minimum atomic E-state index is -0.287. The first-order valence-corrected chi connectivity index (χ1v) is 9.52. The molecule has 0 saturated carbocycles. The number of nitrogens with one attached hydrogen (secondary N) is 1. The zero-order valence-corrected chi connectivity index (χ0v) is 16.5. The predicted molar refractivity (Wildman–Crippen MR) is 105 cm³/mol. The van der Waals surface area contributed by atoms with Crippen molar-refractivity contribution < 1.29 is 9.21 Å². The summed E-state index contributed by atoms with van der Waals surface area (Å²) in [4.78, 5) is 12.1. The van der Waals surface area contributed by atoms with E-state index in [4.69, 9.17) is 39.2 Å². The third kappa shape index (κ3) is 4.71. The number of aryl methyl sites for hydroxylation is 1. The van der Waals surface area contributed by atoms with Gasteiger partial charge in [-0.1, -0.05) is 64.3 Å². The summed E-state index contributed by atoms with van der Waals surface area (Å²) in [5.74, 6) is 0.192. The van der Waals surface area contributed by atoms with Crippen molar-refractivity contribution in [2.45, 2.75) is 12.1 Å². The third-order valence-corrected chi connectivity index (χ3v) is 5.17. The summed E-state index contributed by atoms with van der Waals surface area (Å²) in [5, 5.41) is 11.8. The van der Waals surface area contributed by atoms with E-state index >= 15 is 0 Å². The Morgan fingerprint density at radius 1 is 1.08 bits per heavy atom. The lowest BCUT2D eigenvalue weighted by molar-refractivity contribution is -0.113. The number of benzene rings is 2. The molecule has 0 atom stereocenters. The van der Waals surface area contributed by atoms with Crippen molar-refractivity contribution >= 4 is 58.2 Å². The van der Waals surface area contributed by atoms with Crippen LogP contribution in [0.4, 0.5) is 5.69 Å². The highest BCUT2D eigenvalue weighted by Gasteiger charge is 2.13. The highest BCUT2D eigenvalue weighted by molar-refractivity contribution is 7.99. The zero-order chi connectivity index (χ0) is 18.7. The summed E-state index contributed by atoms with van der Waals surface area (Å²) >= 11 is 19.0. The van der Waals surface area contributed by atoms with Crippen LogP contribution >= 0.6 is 46.6 Å². The molecule has 0 aliphatic carbocycles. The first-order chi connectivity index (χ1) is 12.4. The smallest absolute Gasteiger partial charge is 0.277 e. The number of anilines is 1. The lowest BCUT2D eigenvalue weighted by atomic mass is 10.1. The Morgan fingerprint density at radius 2 is 1.77 bits per heavy atom. The van der Waals surface area contributed by atoms with Crippen LogP contribution in [0.5, 0.6) is 0 Å². The van der Waals surface area contributed by atoms with Gasteiger partial charge >= 0.3 is 0 Å². The lowest BCUT2D eigenvalue weighted by Crippen LogP contribution is -2.14. The van der Waals surface area contributed by atoms with Crippen molar-refractivity contribution in [1.29, 1.82) is 0 Å². The molecule has 0 saturated heterocycles. The van der Waals surface area contributed by atoms with Gasteiger partial charge in [0.05, 0.1) is 26.5 Å². The molecule has 0 unspecified atom stereocenters. The Hall–Kier alpha value is -1.73. The van der Waals surface area contributed by atoms with Crippen molar-refractivity contribution in [3.05, 3.63) is 57.0 Å². The molecule has 5 nitrogen and oxygen atoms in total. The summed E-state index contributed by atoms with van der Waals surface area (Å²) < 4.78 is 5.56. The van der Waals surface area contributed by atoms with Crippen molar-refractivity contribution in [3.63, 3.8) is 0 Å². The summed E-state index contributed by atoms with van der Waals surface area (Å²) in [6, 6.07) is 10.7. The van der Waals surface area contributed by atoms with Gasteiger partial charge in [-0.15, -0.1) is 10.2 Å². The average molecular weight is 429 g/mol. The summed E-state index contributed by atoms with van der Waals surface area (Å²) in [6.45, 7) is 2.00. The standard InChI is InChI=1S/C17H12Cl3N3O2S/c1-9-2-4-10(5-3-9)16-22-23-17(25-16)26-8-15(24)21-14-7-12(19)11(18)6-13(14)20/h2-7H,8H2,1H3,(H,21,24). The molecule has 1 amide bonds. The Morgan fingerprint density at radius 3 is 2.50 bits per heavy atom. The van der Waals surface area contributed by atoms with Gasteiger partial charge in [-0.05, 0) is 31.2 Å². The highest BCUT2D eigenvalue weighted by Crippen LogP contribution is 2.32. The fraction of sp³-hybridized carbons (Fsp3) is 0.118. The Bertz CT molecular complexity index is 945. The van der Waals surface area contributed by atoms with Crippen LogP contribution in [0.3, 0.4) is 0 Å². The monoisotopic (exact) mass is 427 g/mol. The van der Waals surface area contributed by atoms with Crippen molar-refractivity contribution in [2.75, 3.05) is 11.1 Å². The van der Waals surface area contributed by atoms with Gasteiger partial charge in [0.1, 0.15) is 0 Å². The fourth-order valence-electron chi connectivity index (χ4n) is 2.01. The second kappa shape index (κ2) is 8.31. The molecule has 26 heavy (non-hydrogen) atoms. The maximum absolute atomic E-state index is 12.1. The molecule has 3 aromatic rings. The van der Waals surface area contributed by atoms with E-state index in [1.54, 1.807) is 0 Å². The van der Waals surface area contributed by atoms with Gasteiger partial charge in [-0.3, -0.25) is 4.79 Å². The molecule has 0 radical (unpaired) electrons. The molecule has 0 aliphatic heterocycles. The van der Waals surface area contributed by atoms with Crippen LogP contribution in [-0.2, 0) is 4.79 Å². The first-order valence-electron chi connectivity index (χ1n) is 7.40. The number of hydrogen-bond donors (Lipinski definition) is 1. The molecule has 1 N–H and O–H groups in total. The molecule has 2 aromatic carbocycles. The maximum atomic E-state index is 12.1. The number of thioether (sulfide) groups is 1. The number of nitrogens with zero attached hydrogens (tertiary/aromatic N) is 2. The van der Waals surface area contributed by atoms with Gasteiger partial charge in [0.2, 0.25) is 11.8 Å². The molecular formula is C17H12Cl3N3O2S. The predicted octanol–water partition coefficient (Wildman–Crippen LogP) is 5.74. The molecule has 0 spiro atoms. The van der Waals surface area contributed by atoms with Crippen LogP contribution in [0.1, 0.15) is 5.56 Å². The van der Waals surface area contributed by atoms with E-state index in [-0.39, 0.29) is 11.7 Å². The van der Waals surface area contributed by atoms with E-state index in [9.17, 15) is 4.79 Å². The topological polar surface area (TPSA) is 68.0 Å². The number of amides is 1. The molecule has 9 heteroatoms. The first kappa shape index (κ1) is 19.0. The summed E-state index contributed by atoms with van der Waals surface area (Å²) in [7, 11) is 0. The highest BCUT2D eigenvalue weighted by atomic mass is 35.5. The molecule has 0 fully saturated rings. The third-order valence-electron chi connectivity index (χ3n) is 3.32. The second-order valence-electron chi connectivity index (χ2n) is 5.32. The quantitative estimate of drug-likeness (QED) is 0.415. The summed E-state index contributed by atoms with van der Waals surface area (Å²) in [5.41, 5.74) is 2.35. The molecule has 1 aromatic heterocycles. The normalized spacial score (nSPS) is 10.8. The second-order valence-corrected chi connectivity index (χ2v) is 7.47. The number of hydrogen-bond acceptors (Lipinski definition) is 5. The van der Waals surface area contributed by atoms with E-state index in [1.165, 1.54) is 12.1 Å². The number of halogens is 3. The lowest BCUT2D eigenvalue weighted by Gasteiger charge is -2.07. The number of rotatable bonds is 5. The van der Waals surface area contributed by atoms with Crippen molar-refractivity contribution in [3.8, 4) is 11.5 Å². The maximum Gasteiger partial charge on any atom is 0.277 e. The van der Waals surface area contributed by atoms with Gasteiger partial charge in [0.15, 0.2) is 0 Å². The van der Waals surface area contributed by atoms with Crippen LogP contribution in [0, 0.1) is 6.92 Å². The molecule has 3 rings (SSSR count). The number of carbonyl (C=O) groups excluding carboxylic acids is 1. The van der Waals surface area contributed by atoms with Gasteiger partial charge in [-0.25, -0.2) is 0 Å². The van der Waals surface area contributed by atoms with Crippen LogP contribution < -0.4 is 5.32 Å². The zero-order valence-electron chi connectivity index (χ0n) is 13.4. The average Bonchev–Trinajstić information content (AvgIpc) is 3.07. The SMILES string of the molecule is Cc1ccc(-c2nnc(SCC(=O)Nc3cc(Cl)c(Cl)cc3Cl)o2)cc1. The summed E-state index contributed by atoms with van der Waals surface area (Å²) in [6.07, 6.45) is 0. The van der Waals surface area contributed by atoms with Crippen LogP contribution in [0.15, 0.2) is 46.0 Å². The Balaban J connectivity index is 1.60. The van der Waals surface area contributed by atoms with Crippen LogP contribution in [0.25, 0.3) is 11.5 Å². The van der Waals surface area contributed by atoms with Crippen molar-refractivity contribution in [1.82, 2.24) is 10.2 Å². The van der Waals surface area contributed by atoms with Crippen LogP contribution in [-0.4, -0.2) is 21.9 Å². The largest absolute Gasteiger partial charge is 0.411 e. The Labute approximate surface area is 169 Å². The number of aromatic nitrogens is 2. The van der Waals surface area contributed by atoms with Gasteiger partial charge in [-0.2, -0.15) is 0 Å². The molecule has 134 valence electrons. The van der Waals surface area contributed by atoms with Crippen LogP contribution in [0.2, 0.25) is 15.1 Å².